The zero-order valence-electron chi connectivity index (χ0n) is 11.2. The molecule has 0 aliphatic heterocycles. The summed E-state index contributed by atoms with van der Waals surface area (Å²) < 4.78 is 1.68. The maximum Gasteiger partial charge on any atom is 0.221 e. The molecule has 0 bridgehead atoms. The Balaban J connectivity index is 0.00000200. The zero-order valence-corrected chi connectivity index (χ0v) is 12.0. The number of nitrogens with two attached hydrogens (primary N) is 1. The van der Waals surface area contributed by atoms with Crippen molar-refractivity contribution in [2.75, 3.05) is 0 Å². The summed E-state index contributed by atoms with van der Waals surface area (Å²) in [5.74, 6) is -0.0321. The van der Waals surface area contributed by atoms with Crippen LogP contribution >= 0.6 is 12.4 Å². The monoisotopic (exact) mass is 295 g/mol. The van der Waals surface area contributed by atoms with E-state index >= 15 is 0 Å². The number of nitrogens with one attached hydrogen (secondary N) is 1. The van der Waals surface area contributed by atoms with Crippen molar-refractivity contribution < 1.29 is 4.79 Å². The zero-order chi connectivity index (χ0) is 13.7. The molecule has 3 N–H and O–H groups in total. The van der Waals surface area contributed by atoms with Gasteiger partial charge in [0.25, 0.3) is 0 Å². The Kier molecular flexibility index (Phi) is 6.14. The lowest BCUT2D eigenvalue weighted by Crippen LogP contribution is -2.29. The van der Waals surface area contributed by atoms with Crippen LogP contribution in [0.5, 0.6) is 0 Å². The molecule has 20 heavy (non-hydrogen) atoms. The SMILES string of the molecule is CC(N)CC(=O)NCc1ccc(-n2cncn2)cc1.Cl. The van der Waals surface area contributed by atoms with E-state index < -0.39 is 0 Å². The minimum atomic E-state index is -0.116. The fourth-order valence-corrected chi connectivity index (χ4v) is 1.67. The summed E-state index contributed by atoms with van der Waals surface area (Å²) in [5, 5.41) is 6.88. The normalized spacial score (nSPS) is 11.5. The molecule has 1 aromatic carbocycles. The van der Waals surface area contributed by atoms with Crippen molar-refractivity contribution in [3.8, 4) is 5.69 Å². The van der Waals surface area contributed by atoms with Crippen LogP contribution in [0.25, 0.3) is 5.69 Å². The van der Waals surface area contributed by atoms with Gasteiger partial charge >= 0.3 is 0 Å². The minimum Gasteiger partial charge on any atom is -0.352 e. The molecule has 108 valence electrons. The van der Waals surface area contributed by atoms with Gasteiger partial charge in [-0.2, -0.15) is 5.10 Å². The molecule has 2 rings (SSSR count). The second-order valence-electron chi connectivity index (χ2n) is 4.46. The average Bonchev–Trinajstić information content (AvgIpc) is 2.90. The Bertz CT molecular complexity index is 524. The van der Waals surface area contributed by atoms with Gasteiger partial charge in [0.1, 0.15) is 12.7 Å². The summed E-state index contributed by atoms with van der Waals surface area (Å²) in [6.07, 6.45) is 3.47. The maximum atomic E-state index is 11.5. The number of carbonyl (C=O) groups excluding carboxylic acids is 1. The number of halogens is 1. The Morgan fingerprint density at radius 2 is 2.10 bits per heavy atom. The number of hydrogen-bond donors (Lipinski definition) is 2. The first-order valence-corrected chi connectivity index (χ1v) is 6.11. The quantitative estimate of drug-likeness (QED) is 0.863. The van der Waals surface area contributed by atoms with Gasteiger partial charge in [-0.15, -0.1) is 12.4 Å². The summed E-state index contributed by atoms with van der Waals surface area (Å²) in [6, 6.07) is 7.64. The van der Waals surface area contributed by atoms with E-state index in [1.165, 1.54) is 6.33 Å². The summed E-state index contributed by atoms with van der Waals surface area (Å²) in [5.41, 5.74) is 7.52. The third-order valence-corrected chi connectivity index (χ3v) is 2.62. The van der Waals surface area contributed by atoms with Crippen molar-refractivity contribution in [3.05, 3.63) is 42.5 Å². The van der Waals surface area contributed by atoms with Gasteiger partial charge in [0.05, 0.1) is 5.69 Å². The van der Waals surface area contributed by atoms with E-state index in [1.54, 1.807) is 11.0 Å². The van der Waals surface area contributed by atoms with Crippen molar-refractivity contribution >= 4 is 18.3 Å². The average molecular weight is 296 g/mol. The summed E-state index contributed by atoms with van der Waals surface area (Å²) in [7, 11) is 0. The smallest absolute Gasteiger partial charge is 0.221 e. The highest BCUT2D eigenvalue weighted by Crippen LogP contribution is 2.07. The van der Waals surface area contributed by atoms with Crippen LogP contribution in [0, 0.1) is 0 Å². The van der Waals surface area contributed by atoms with E-state index in [-0.39, 0.29) is 24.4 Å². The highest BCUT2D eigenvalue weighted by atomic mass is 35.5. The molecule has 0 saturated carbocycles. The molecule has 0 radical (unpaired) electrons. The van der Waals surface area contributed by atoms with Crippen LogP contribution in [-0.2, 0) is 11.3 Å². The number of amides is 1. The first kappa shape index (κ1) is 16.1. The molecule has 7 heteroatoms. The molecule has 1 amide bonds. The number of carbonyl (C=O) groups is 1. The summed E-state index contributed by atoms with van der Waals surface area (Å²) in [6.45, 7) is 2.32. The van der Waals surface area contributed by atoms with E-state index in [4.69, 9.17) is 5.73 Å². The van der Waals surface area contributed by atoms with Gasteiger partial charge in [-0.05, 0) is 24.6 Å². The third-order valence-electron chi connectivity index (χ3n) is 2.62. The van der Waals surface area contributed by atoms with Gasteiger partial charge < -0.3 is 11.1 Å². The molecule has 0 saturated heterocycles. The van der Waals surface area contributed by atoms with E-state index in [0.717, 1.165) is 11.3 Å². The second kappa shape index (κ2) is 7.62. The molecular weight excluding hydrogens is 278 g/mol. The van der Waals surface area contributed by atoms with Crippen LogP contribution in [0.2, 0.25) is 0 Å². The molecule has 0 spiro atoms. The maximum absolute atomic E-state index is 11.5. The number of aromatic nitrogens is 3. The van der Waals surface area contributed by atoms with Crippen LogP contribution < -0.4 is 11.1 Å². The largest absolute Gasteiger partial charge is 0.352 e. The number of nitrogens with zero attached hydrogens (tertiary/aromatic N) is 3. The third kappa shape index (κ3) is 4.64. The van der Waals surface area contributed by atoms with Gasteiger partial charge in [-0.3, -0.25) is 4.79 Å². The van der Waals surface area contributed by atoms with Gasteiger partial charge in [0.15, 0.2) is 0 Å². The van der Waals surface area contributed by atoms with Crippen molar-refractivity contribution in [3.63, 3.8) is 0 Å². The van der Waals surface area contributed by atoms with E-state index in [0.29, 0.717) is 13.0 Å². The highest BCUT2D eigenvalue weighted by Gasteiger charge is 2.04. The summed E-state index contributed by atoms with van der Waals surface area (Å²) in [4.78, 5) is 15.4. The van der Waals surface area contributed by atoms with E-state index in [9.17, 15) is 4.79 Å². The molecule has 1 unspecified atom stereocenters. The van der Waals surface area contributed by atoms with Crippen LogP contribution in [-0.4, -0.2) is 26.7 Å². The first-order valence-electron chi connectivity index (χ1n) is 6.11. The van der Waals surface area contributed by atoms with Crippen LogP contribution in [0.15, 0.2) is 36.9 Å². The lowest BCUT2D eigenvalue weighted by Gasteiger charge is -2.08. The Morgan fingerprint density at radius 3 is 2.65 bits per heavy atom. The van der Waals surface area contributed by atoms with Crippen LogP contribution in [0.1, 0.15) is 18.9 Å². The second-order valence-corrected chi connectivity index (χ2v) is 4.46. The molecule has 1 atom stereocenters. The molecule has 1 heterocycles. The van der Waals surface area contributed by atoms with Crippen molar-refractivity contribution in [2.45, 2.75) is 25.9 Å². The number of benzene rings is 1. The topological polar surface area (TPSA) is 85.8 Å². The summed E-state index contributed by atoms with van der Waals surface area (Å²) >= 11 is 0. The van der Waals surface area contributed by atoms with Gasteiger partial charge in [-0.25, -0.2) is 9.67 Å². The fraction of sp³-hybridized carbons (Fsp3) is 0.308. The van der Waals surface area contributed by atoms with Gasteiger partial charge in [-0.1, -0.05) is 12.1 Å². The van der Waals surface area contributed by atoms with Crippen LogP contribution in [0.3, 0.4) is 0 Å². The van der Waals surface area contributed by atoms with E-state index in [2.05, 4.69) is 15.4 Å². The van der Waals surface area contributed by atoms with Gasteiger partial charge in [0.2, 0.25) is 5.91 Å². The molecule has 0 fully saturated rings. The van der Waals surface area contributed by atoms with Crippen molar-refractivity contribution in [1.82, 2.24) is 20.1 Å². The molecule has 1 aromatic heterocycles. The Labute approximate surface area is 123 Å². The number of rotatable bonds is 5. The lowest BCUT2D eigenvalue weighted by molar-refractivity contribution is -0.121. The fourth-order valence-electron chi connectivity index (χ4n) is 1.67. The highest BCUT2D eigenvalue weighted by molar-refractivity contribution is 5.85. The molecular formula is C13H18ClN5O. The van der Waals surface area contributed by atoms with Crippen molar-refractivity contribution in [1.29, 1.82) is 0 Å². The Hall–Kier alpha value is -1.92. The Morgan fingerprint density at radius 1 is 1.40 bits per heavy atom. The van der Waals surface area contributed by atoms with Crippen molar-refractivity contribution in [2.24, 2.45) is 5.73 Å². The first-order chi connectivity index (χ1) is 9.15. The molecule has 0 aliphatic rings. The van der Waals surface area contributed by atoms with Gasteiger partial charge in [0, 0.05) is 19.0 Å². The predicted molar refractivity (Wildman–Crippen MR) is 78.7 cm³/mol. The van der Waals surface area contributed by atoms with Crippen LogP contribution in [0.4, 0.5) is 0 Å². The lowest BCUT2D eigenvalue weighted by atomic mass is 10.2. The molecule has 0 aliphatic carbocycles. The minimum absolute atomic E-state index is 0. The number of hydrogen-bond acceptors (Lipinski definition) is 4. The van der Waals surface area contributed by atoms with E-state index in [1.807, 2.05) is 31.2 Å². The predicted octanol–water partition coefficient (Wildman–Crippen LogP) is 1.04. The standard InChI is InChI=1S/C13H17N5O.ClH/c1-10(14)6-13(19)16-7-11-2-4-12(5-3-11)18-9-15-8-17-18;/h2-5,8-10H,6-7,14H2,1H3,(H,16,19);1H. The molecule has 6 nitrogen and oxygen atoms in total. The molecule has 2 aromatic rings.